The number of esters is 1. The van der Waals surface area contributed by atoms with E-state index in [1.165, 1.54) is 0 Å². The molecular formula is C33H46N4O7. The van der Waals surface area contributed by atoms with Gasteiger partial charge in [-0.3, -0.25) is 9.69 Å². The molecule has 11 heteroatoms. The van der Waals surface area contributed by atoms with E-state index in [-0.39, 0.29) is 25.5 Å². The summed E-state index contributed by atoms with van der Waals surface area (Å²) in [6, 6.07) is 12.0. The van der Waals surface area contributed by atoms with Crippen molar-refractivity contribution in [3.8, 4) is 0 Å². The summed E-state index contributed by atoms with van der Waals surface area (Å²) in [7, 11) is 0. The van der Waals surface area contributed by atoms with Gasteiger partial charge >= 0.3 is 18.2 Å². The number of ether oxygens (including phenoxy) is 3. The second-order valence-corrected chi connectivity index (χ2v) is 12.8. The first-order valence-corrected chi connectivity index (χ1v) is 15.2. The molecular weight excluding hydrogens is 564 g/mol. The Kier molecular flexibility index (Phi) is 12.1. The SMILES string of the molecule is CC(C)(C)OC(=O)C(CNC(=O)CCCCc1ccc2c(n1)N(C(=O)OC(C)(C)C)CCC2)NC(=O)OCc1ccccc1. The molecule has 11 nitrogen and oxygen atoms in total. The maximum atomic E-state index is 12.8. The molecule has 0 spiro atoms. The Morgan fingerprint density at radius 3 is 2.32 bits per heavy atom. The average Bonchev–Trinajstić information content (AvgIpc) is 2.94. The number of carbonyl (C=O) groups excluding carboxylic acids is 4. The number of benzene rings is 1. The Morgan fingerprint density at radius 2 is 1.64 bits per heavy atom. The zero-order valence-electron chi connectivity index (χ0n) is 26.7. The van der Waals surface area contributed by atoms with Gasteiger partial charge in [0.05, 0.1) is 0 Å². The van der Waals surface area contributed by atoms with Gasteiger partial charge in [-0.05, 0) is 90.8 Å². The molecule has 0 fully saturated rings. The molecule has 1 aromatic heterocycles. The molecule has 0 radical (unpaired) electrons. The van der Waals surface area contributed by atoms with Gasteiger partial charge < -0.3 is 24.8 Å². The van der Waals surface area contributed by atoms with Crippen molar-refractivity contribution in [1.29, 1.82) is 0 Å². The third kappa shape index (κ3) is 11.9. The minimum absolute atomic E-state index is 0.0399. The number of unbranched alkanes of at least 4 members (excludes halogenated alkanes) is 1. The summed E-state index contributed by atoms with van der Waals surface area (Å²) in [5, 5.41) is 5.23. The summed E-state index contributed by atoms with van der Waals surface area (Å²) in [4.78, 5) is 56.9. The van der Waals surface area contributed by atoms with Gasteiger partial charge in [0.2, 0.25) is 5.91 Å². The fourth-order valence-electron chi connectivity index (χ4n) is 4.48. The predicted molar refractivity (Wildman–Crippen MR) is 166 cm³/mol. The molecule has 2 heterocycles. The fourth-order valence-corrected chi connectivity index (χ4v) is 4.48. The number of aryl methyl sites for hydroxylation is 2. The Balaban J connectivity index is 1.48. The molecule has 44 heavy (non-hydrogen) atoms. The second-order valence-electron chi connectivity index (χ2n) is 12.8. The Morgan fingerprint density at radius 1 is 0.932 bits per heavy atom. The lowest BCUT2D eigenvalue weighted by Gasteiger charge is -2.31. The van der Waals surface area contributed by atoms with Crippen LogP contribution in [0.3, 0.4) is 0 Å². The number of anilines is 1. The summed E-state index contributed by atoms with van der Waals surface area (Å²) >= 11 is 0. The maximum Gasteiger partial charge on any atom is 0.416 e. The minimum Gasteiger partial charge on any atom is -0.458 e. The van der Waals surface area contributed by atoms with Crippen molar-refractivity contribution in [2.45, 2.75) is 104 Å². The zero-order valence-corrected chi connectivity index (χ0v) is 26.7. The number of hydrogen-bond acceptors (Lipinski definition) is 8. The largest absolute Gasteiger partial charge is 0.458 e. The van der Waals surface area contributed by atoms with Crippen LogP contribution in [0.15, 0.2) is 42.5 Å². The van der Waals surface area contributed by atoms with Crippen molar-refractivity contribution in [2.24, 2.45) is 0 Å². The average molecular weight is 611 g/mol. The summed E-state index contributed by atoms with van der Waals surface area (Å²) < 4.78 is 16.2. The molecule has 3 rings (SSSR count). The van der Waals surface area contributed by atoms with E-state index in [4.69, 9.17) is 19.2 Å². The summed E-state index contributed by atoms with van der Waals surface area (Å²) in [5.41, 5.74) is 1.28. The molecule has 3 amide bonds. The molecule has 1 aliphatic rings. The van der Waals surface area contributed by atoms with Crippen LogP contribution >= 0.6 is 0 Å². The van der Waals surface area contributed by atoms with Crippen molar-refractivity contribution in [3.63, 3.8) is 0 Å². The van der Waals surface area contributed by atoms with Gasteiger partial charge in [0.15, 0.2) is 0 Å². The van der Waals surface area contributed by atoms with Crippen LogP contribution in [0.2, 0.25) is 0 Å². The van der Waals surface area contributed by atoms with Crippen molar-refractivity contribution in [2.75, 3.05) is 18.0 Å². The van der Waals surface area contributed by atoms with Crippen LogP contribution in [0.1, 0.15) is 84.0 Å². The summed E-state index contributed by atoms with van der Waals surface area (Å²) in [6.07, 6.45) is 2.67. The number of nitrogens with zero attached hydrogens (tertiary/aromatic N) is 2. The standard InChI is InChI=1S/C33H46N4O7/c1-32(2,3)43-29(39)26(36-30(40)42-22-23-13-8-7-9-14-23)21-34-27(38)17-11-10-16-25-19-18-24-15-12-20-37(28(24)35-25)31(41)44-33(4,5)6/h7-9,13-14,18-19,26H,10-12,15-17,20-22H2,1-6H3,(H,34,38)(H,36,40). The van der Waals surface area contributed by atoms with Gasteiger partial charge in [-0.2, -0.15) is 0 Å². The van der Waals surface area contributed by atoms with Crippen LogP contribution in [0, 0.1) is 0 Å². The molecule has 1 aliphatic heterocycles. The van der Waals surface area contributed by atoms with Crippen molar-refractivity contribution in [3.05, 3.63) is 59.3 Å². The molecule has 0 saturated heterocycles. The number of rotatable bonds is 11. The third-order valence-electron chi connectivity index (χ3n) is 6.50. The number of aromatic nitrogens is 1. The molecule has 2 aromatic rings. The minimum atomic E-state index is -1.12. The third-order valence-corrected chi connectivity index (χ3v) is 6.50. The Bertz CT molecular complexity index is 1290. The smallest absolute Gasteiger partial charge is 0.416 e. The van der Waals surface area contributed by atoms with Crippen LogP contribution in [-0.4, -0.2) is 59.4 Å². The highest BCUT2D eigenvalue weighted by Gasteiger charge is 2.29. The molecule has 1 aromatic carbocycles. The lowest BCUT2D eigenvalue weighted by Crippen LogP contribution is -2.50. The van der Waals surface area contributed by atoms with Crippen LogP contribution < -0.4 is 15.5 Å². The van der Waals surface area contributed by atoms with E-state index in [1.807, 2.05) is 63.2 Å². The van der Waals surface area contributed by atoms with Gasteiger partial charge in [0.25, 0.3) is 0 Å². The van der Waals surface area contributed by atoms with E-state index < -0.39 is 35.4 Å². The quantitative estimate of drug-likeness (QED) is 0.200. The Hall–Kier alpha value is -4.15. The van der Waals surface area contributed by atoms with E-state index in [1.54, 1.807) is 25.7 Å². The fraction of sp³-hybridized carbons (Fsp3) is 0.545. The second kappa shape index (κ2) is 15.5. The molecule has 0 bridgehead atoms. The first-order chi connectivity index (χ1) is 20.7. The highest BCUT2D eigenvalue weighted by atomic mass is 16.6. The number of alkyl carbamates (subject to hydrolysis) is 1. The number of nitrogens with one attached hydrogen (secondary N) is 2. The number of hydrogen-bond donors (Lipinski definition) is 2. The van der Waals surface area contributed by atoms with Crippen molar-refractivity contribution >= 4 is 29.9 Å². The first kappa shape index (κ1) is 34.3. The molecule has 0 aliphatic carbocycles. The zero-order chi connectivity index (χ0) is 32.3. The van der Waals surface area contributed by atoms with E-state index in [0.717, 1.165) is 29.7 Å². The number of fused-ring (bicyclic) bond motifs is 1. The van der Waals surface area contributed by atoms with Gasteiger partial charge in [-0.25, -0.2) is 19.4 Å². The highest BCUT2D eigenvalue weighted by Crippen LogP contribution is 2.27. The van der Waals surface area contributed by atoms with Crippen molar-refractivity contribution in [1.82, 2.24) is 15.6 Å². The number of carbonyl (C=O) groups is 4. The number of amides is 3. The van der Waals surface area contributed by atoms with E-state index >= 15 is 0 Å². The van der Waals surface area contributed by atoms with E-state index in [0.29, 0.717) is 31.6 Å². The normalized spacial score (nSPS) is 13.7. The molecule has 1 atom stereocenters. The van der Waals surface area contributed by atoms with Gasteiger partial charge in [0.1, 0.15) is 29.7 Å². The Labute approximate surface area is 260 Å². The topological polar surface area (TPSA) is 136 Å². The van der Waals surface area contributed by atoms with Crippen LogP contribution in [-0.2, 0) is 43.2 Å². The van der Waals surface area contributed by atoms with Crippen LogP contribution in [0.5, 0.6) is 0 Å². The van der Waals surface area contributed by atoms with Crippen LogP contribution in [0.4, 0.5) is 15.4 Å². The lowest BCUT2D eigenvalue weighted by atomic mass is 10.0. The molecule has 0 saturated carbocycles. The van der Waals surface area contributed by atoms with Gasteiger partial charge in [0, 0.05) is 25.2 Å². The summed E-state index contributed by atoms with van der Waals surface area (Å²) in [6.45, 7) is 11.1. The van der Waals surface area contributed by atoms with E-state index in [2.05, 4.69) is 10.6 Å². The number of pyridine rings is 1. The highest BCUT2D eigenvalue weighted by molar-refractivity contribution is 5.88. The molecule has 1 unspecified atom stereocenters. The van der Waals surface area contributed by atoms with Crippen LogP contribution in [0.25, 0.3) is 0 Å². The molecule has 2 N–H and O–H groups in total. The monoisotopic (exact) mass is 610 g/mol. The lowest BCUT2D eigenvalue weighted by molar-refractivity contribution is -0.157. The summed E-state index contributed by atoms with van der Waals surface area (Å²) in [5.74, 6) is -0.287. The van der Waals surface area contributed by atoms with Gasteiger partial charge in [-0.1, -0.05) is 36.4 Å². The van der Waals surface area contributed by atoms with Gasteiger partial charge in [-0.15, -0.1) is 0 Å². The first-order valence-electron chi connectivity index (χ1n) is 15.2. The molecule has 240 valence electrons. The predicted octanol–water partition coefficient (Wildman–Crippen LogP) is 5.24. The maximum absolute atomic E-state index is 12.8. The van der Waals surface area contributed by atoms with Crippen molar-refractivity contribution < 1.29 is 33.4 Å². The van der Waals surface area contributed by atoms with E-state index in [9.17, 15) is 19.2 Å².